The molecule has 0 spiro atoms. The first-order chi connectivity index (χ1) is 11.4. The van der Waals surface area contributed by atoms with E-state index < -0.39 is 17.8 Å². The number of likely N-dealkylation sites (tertiary alicyclic amines) is 1. The Kier molecular flexibility index (Phi) is 6.10. The van der Waals surface area contributed by atoms with Crippen molar-refractivity contribution in [1.29, 1.82) is 0 Å². The molecule has 1 aliphatic heterocycles. The summed E-state index contributed by atoms with van der Waals surface area (Å²) in [5, 5.41) is 2.37. The van der Waals surface area contributed by atoms with Crippen LogP contribution in [0.25, 0.3) is 0 Å². The fraction of sp³-hybridized carbons (Fsp3) is 0.471. The smallest absolute Gasteiger partial charge is 0.368 e. The maximum Gasteiger partial charge on any atom is 0.418 e. The van der Waals surface area contributed by atoms with Crippen LogP contribution in [0.2, 0.25) is 0 Å². The van der Waals surface area contributed by atoms with Crippen LogP contribution in [0.3, 0.4) is 0 Å². The summed E-state index contributed by atoms with van der Waals surface area (Å²) in [6.45, 7) is 1.59. The number of nitrogens with one attached hydrogen (secondary N) is 1. The number of hydrogen-bond donors (Lipinski definition) is 1. The lowest BCUT2D eigenvalue weighted by molar-refractivity contribution is -0.136. The van der Waals surface area contributed by atoms with Gasteiger partial charge < -0.3 is 15.0 Å². The Labute approximate surface area is 139 Å². The summed E-state index contributed by atoms with van der Waals surface area (Å²) in [5.74, 6) is 2.51. The van der Waals surface area contributed by atoms with E-state index in [1.54, 1.807) is 0 Å². The predicted molar refractivity (Wildman–Crippen MR) is 84.4 cm³/mol. The van der Waals surface area contributed by atoms with Gasteiger partial charge in [0.15, 0.2) is 0 Å². The van der Waals surface area contributed by atoms with Crippen LogP contribution in [0, 0.1) is 18.3 Å². The topological polar surface area (TPSA) is 41.6 Å². The van der Waals surface area contributed by atoms with Gasteiger partial charge in [-0.3, -0.25) is 0 Å². The number of alkyl halides is 3. The minimum Gasteiger partial charge on any atom is -0.368 e. The van der Waals surface area contributed by atoms with Crippen LogP contribution >= 0.6 is 0 Å². The maximum absolute atomic E-state index is 13.0. The average Bonchev–Trinajstić information content (AvgIpc) is 2.55. The van der Waals surface area contributed by atoms with E-state index in [4.69, 9.17) is 11.2 Å². The van der Waals surface area contributed by atoms with Crippen molar-refractivity contribution < 1.29 is 22.7 Å². The summed E-state index contributed by atoms with van der Waals surface area (Å²) in [5.41, 5.74) is -1.09. The lowest BCUT2D eigenvalue weighted by Gasteiger charge is -2.32. The van der Waals surface area contributed by atoms with Crippen LogP contribution in [0.5, 0.6) is 0 Å². The second-order valence-electron chi connectivity index (χ2n) is 5.65. The molecule has 2 amide bonds. The number of anilines is 1. The van der Waals surface area contributed by atoms with E-state index in [-0.39, 0.29) is 18.2 Å². The highest BCUT2D eigenvalue weighted by molar-refractivity contribution is 5.90. The number of rotatable bonds is 4. The summed E-state index contributed by atoms with van der Waals surface area (Å²) in [4.78, 5) is 13.8. The number of halogens is 3. The Morgan fingerprint density at radius 3 is 2.88 bits per heavy atom. The zero-order chi connectivity index (χ0) is 17.6. The number of ether oxygens (including phenoxy) is 1. The molecule has 130 valence electrons. The number of hydrogen-bond acceptors (Lipinski definition) is 2. The van der Waals surface area contributed by atoms with Crippen LogP contribution < -0.4 is 5.32 Å². The van der Waals surface area contributed by atoms with E-state index in [0.717, 1.165) is 18.9 Å². The van der Waals surface area contributed by atoms with E-state index in [9.17, 15) is 18.0 Å². The summed E-state index contributed by atoms with van der Waals surface area (Å²) in [7, 11) is 0. The Morgan fingerprint density at radius 2 is 2.17 bits per heavy atom. The first-order valence-electron chi connectivity index (χ1n) is 7.65. The Balaban J connectivity index is 1.99. The minimum absolute atomic E-state index is 0.135. The maximum atomic E-state index is 13.0. The lowest BCUT2D eigenvalue weighted by Crippen LogP contribution is -2.43. The largest absolute Gasteiger partial charge is 0.418 e. The van der Waals surface area contributed by atoms with Crippen molar-refractivity contribution in [2.24, 2.45) is 5.92 Å². The molecule has 1 saturated heterocycles. The molecular formula is C17H19F3N2O2. The highest BCUT2D eigenvalue weighted by Crippen LogP contribution is 2.34. The summed E-state index contributed by atoms with van der Waals surface area (Å²) in [6.07, 6.45) is 2.27. The number of carbonyl (C=O) groups is 1. The van der Waals surface area contributed by atoms with Gasteiger partial charge in [-0.1, -0.05) is 18.1 Å². The molecule has 1 aromatic rings. The van der Waals surface area contributed by atoms with Crippen molar-refractivity contribution in [3.05, 3.63) is 29.8 Å². The quantitative estimate of drug-likeness (QED) is 0.672. The van der Waals surface area contributed by atoms with Crippen LogP contribution in [-0.2, 0) is 10.9 Å². The van der Waals surface area contributed by atoms with E-state index >= 15 is 0 Å². The SMILES string of the molecule is C#CCOCC1CCCN(C(=O)Nc2ccccc2C(F)(F)F)C1. The highest BCUT2D eigenvalue weighted by atomic mass is 19.4. The summed E-state index contributed by atoms with van der Waals surface area (Å²) < 4.78 is 44.2. The molecule has 1 aromatic carbocycles. The Hall–Kier alpha value is -2.20. The molecule has 7 heteroatoms. The highest BCUT2D eigenvalue weighted by Gasteiger charge is 2.34. The van der Waals surface area contributed by atoms with Gasteiger partial charge in [-0.25, -0.2) is 4.79 Å². The third-order valence-electron chi connectivity index (χ3n) is 3.82. The third kappa shape index (κ3) is 4.90. The molecule has 0 aromatic heterocycles. The fourth-order valence-electron chi connectivity index (χ4n) is 2.70. The van der Waals surface area contributed by atoms with Crippen molar-refractivity contribution in [2.45, 2.75) is 19.0 Å². The molecule has 1 atom stereocenters. The Bertz CT molecular complexity index is 611. The zero-order valence-electron chi connectivity index (χ0n) is 13.1. The van der Waals surface area contributed by atoms with Crippen molar-refractivity contribution in [3.8, 4) is 12.3 Å². The second kappa shape index (κ2) is 8.06. The molecule has 1 N–H and O–H groups in total. The number of benzene rings is 1. The van der Waals surface area contributed by atoms with Gasteiger partial charge in [0.05, 0.1) is 17.9 Å². The zero-order valence-corrected chi connectivity index (χ0v) is 13.1. The molecule has 1 aliphatic rings. The normalized spacial score (nSPS) is 18.1. The van der Waals surface area contributed by atoms with Crippen molar-refractivity contribution in [2.75, 3.05) is 31.6 Å². The fourth-order valence-corrected chi connectivity index (χ4v) is 2.70. The molecule has 0 radical (unpaired) electrons. The number of para-hydroxylation sites is 1. The molecular weight excluding hydrogens is 321 g/mol. The van der Waals surface area contributed by atoms with Crippen LogP contribution in [-0.4, -0.2) is 37.2 Å². The van der Waals surface area contributed by atoms with E-state index in [1.165, 1.54) is 23.1 Å². The molecule has 4 nitrogen and oxygen atoms in total. The number of carbonyl (C=O) groups excluding carboxylic acids is 1. The second-order valence-corrected chi connectivity index (χ2v) is 5.65. The van der Waals surface area contributed by atoms with Crippen molar-refractivity contribution in [1.82, 2.24) is 4.90 Å². The minimum atomic E-state index is -4.52. The van der Waals surface area contributed by atoms with Gasteiger partial charge in [-0.05, 0) is 25.0 Å². The molecule has 0 saturated carbocycles. The molecule has 1 heterocycles. The van der Waals surface area contributed by atoms with Gasteiger partial charge in [-0.15, -0.1) is 6.42 Å². The first kappa shape index (κ1) is 18.1. The standard InChI is InChI=1S/C17H19F3N2O2/c1-2-10-24-12-13-6-5-9-22(11-13)16(23)21-15-8-4-3-7-14(15)17(18,19)20/h1,3-4,7-8,13H,5-6,9-12H2,(H,21,23). The third-order valence-corrected chi connectivity index (χ3v) is 3.82. The number of piperidine rings is 1. The van der Waals surface area contributed by atoms with Crippen LogP contribution in [0.4, 0.5) is 23.7 Å². The monoisotopic (exact) mass is 340 g/mol. The number of nitrogens with zero attached hydrogens (tertiary/aromatic N) is 1. The number of amides is 2. The van der Waals surface area contributed by atoms with Crippen LogP contribution in [0.1, 0.15) is 18.4 Å². The van der Waals surface area contributed by atoms with E-state index in [2.05, 4.69) is 11.2 Å². The number of terminal acetylenes is 1. The van der Waals surface area contributed by atoms with Crippen molar-refractivity contribution in [3.63, 3.8) is 0 Å². The number of urea groups is 1. The lowest BCUT2D eigenvalue weighted by atomic mass is 9.99. The molecule has 0 bridgehead atoms. The van der Waals surface area contributed by atoms with Crippen LogP contribution in [0.15, 0.2) is 24.3 Å². The molecule has 1 unspecified atom stereocenters. The van der Waals surface area contributed by atoms with E-state index in [0.29, 0.717) is 19.7 Å². The van der Waals surface area contributed by atoms with Gasteiger partial charge in [0, 0.05) is 19.0 Å². The summed E-state index contributed by atoms with van der Waals surface area (Å²) in [6, 6.07) is 4.41. The molecule has 1 fully saturated rings. The Morgan fingerprint density at radius 1 is 1.42 bits per heavy atom. The van der Waals surface area contributed by atoms with Gasteiger partial charge >= 0.3 is 12.2 Å². The van der Waals surface area contributed by atoms with Gasteiger partial charge in [0.25, 0.3) is 0 Å². The van der Waals surface area contributed by atoms with Gasteiger partial charge in [0.2, 0.25) is 0 Å². The molecule has 2 rings (SSSR count). The summed E-state index contributed by atoms with van der Waals surface area (Å²) >= 11 is 0. The van der Waals surface area contributed by atoms with E-state index in [1.807, 2.05) is 0 Å². The van der Waals surface area contributed by atoms with Crippen molar-refractivity contribution >= 4 is 11.7 Å². The first-order valence-corrected chi connectivity index (χ1v) is 7.65. The van der Waals surface area contributed by atoms with Gasteiger partial charge in [-0.2, -0.15) is 13.2 Å². The van der Waals surface area contributed by atoms with Gasteiger partial charge in [0.1, 0.15) is 6.61 Å². The average molecular weight is 340 g/mol. The molecule has 24 heavy (non-hydrogen) atoms. The predicted octanol–water partition coefficient (Wildman–Crippen LogP) is 3.60. The molecule has 0 aliphatic carbocycles.